The number of fused-ring (bicyclic) bond motifs is 1. The minimum atomic E-state index is -0.195. The Morgan fingerprint density at radius 3 is 2.52 bits per heavy atom. The number of nitrogens with zero attached hydrogens (tertiary/aromatic N) is 1. The van der Waals surface area contributed by atoms with Crippen molar-refractivity contribution in [3.63, 3.8) is 0 Å². The molecule has 110 valence electrons. The first-order valence-electron chi connectivity index (χ1n) is 7.52. The van der Waals surface area contributed by atoms with E-state index in [1.165, 1.54) is 10.8 Å². The van der Waals surface area contributed by atoms with Crippen LogP contribution in [0.25, 0.3) is 10.8 Å². The van der Waals surface area contributed by atoms with Crippen LogP contribution in [0.15, 0.2) is 42.5 Å². The topological polar surface area (TPSA) is 46.3 Å². The molecule has 0 aliphatic carbocycles. The molecule has 0 bridgehead atoms. The maximum atomic E-state index is 12.3. The molecule has 1 fully saturated rings. The SMILES string of the molecule is CC(C)C1(N)CN(C(=O)Cc2ccc3ccccc3c2)C1. The Hall–Kier alpha value is -1.87. The van der Waals surface area contributed by atoms with E-state index in [1.807, 2.05) is 23.1 Å². The second kappa shape index (κ2) is 5.15. The quantitative estimate of drug-likeness (QED) is 0.940. The molecule has 1 aliphatic rings. The highest BCUT2D eigenvalue weighted by atomic mass is 16.2. The van der Waals surface area contributed by atoms with E-state index in [-0.39, 0.29) is 11.4 Å². The molecule has 0 spiro atoms. The Balaban J connectivity index is 1.67. The van der Waals surface area contributed by atoms with Crippen LogP contribution in [0, 0.1) is 5.92 Å². The van der Waals surface area contributed by atoms with Gasteiger partial charge in [0.25, 0.3) is 0 Å². The monoisotopic (exact) mass is 282 g/mol. The zero-order valence-electron chi connectivity index (χ0n) is 12.7. The van der Waals surface area contributed by atoms with Crippen molar-refractivity contribution in [2.24, 2.45) is 11.7 Å². The molecule has 2 aromatic rings. The molecular formula is C18H22N2O. The van der Waals surface area contributed by atoms with Crippen molar-refractivity contribution in [3.05, 3.63) is 48.0 Å². The second-order valence-electron chi connectivity index (χ2n) is 6.50. The molecule has 0 aromatic heterocycles. The van der Waals surface area contributed by atoms with Crippen LogP contribution < -0.4 is 5.73 Å². The third-order valence-electron chi connectivity index (χ3n) is 4.64. The Labute approximate surface area is 125 Å². The average molecular weight is 282 g/mol. The first kappa shape index (κ1) is 14.1. The second-order valence-corrected chi connectivity index (χ2v) is 6.50. The Morgan fingerprint density at radius 1 is 1.19 bits per heavy atom. The third-order valence-corrected chi connectivity index (χ3v) is 4.64. The zero-order valence-corrected chi connectivity index (χ0v) is 12.7. The number of carbonyl (C=O) groups excluding carboxylic acids is 1. The number of benzene rings is 2. The smallest absolute Gasteiger partial charge is 0.227 e. The van der Waals surface area contributed by atoms with Crippen LogP contribution in [0.3, 0.4) is 0 Å². The summed E-state index contributed by atoms with van der Waals surface area (Å²) in [4.78, 5) is 14.2. The third kappa shape index (κ3) is 2.66. The fourth-order valence-electron chi connectivity index (χ4n) is 2.84. The number of hydrogen-bond acceptors (Lipinski definition) is 2. The van der Waals surface area contributed by atoms with E-state index in [2.05, 4.69) is 38.1 Å². The largest absolute Gasteiger partial charge is 0.339 e. The van der Waals surface area contributed by atoms with Crippen molar-refractivity contribution in [1.82, 2.24) is 4.90 Å². The predicted octanol–water partition coefficient (Wildman–Crippen LogP) is 2.58. The minimum Gasteiger partial charge on any atom is -0.339 e. The first-order valence-corrected chi connectivity index (χ1v) is 7.52. The summed E-state index contributed by atoms with van der Waals surface area (Å²) in [5, 5.41) is 2.39. The lowest BCUT2D eigenvalue weighted by Crippen LogP contribution is -2.71. The van der Waals surface area contributed by atoms with Gasteiger partial charge in [-0.05, 0) is 22.3 Å². The lowest BCUT2D eigenvalue weighted by atomic mass is 9.80. The van der Waals surface area contributed by atoms with Gasteiger partial charge in [-0.1, -0.05) is 56.3 Å². The van der Waals surface area contributed by atoms with Gasteiger partial charge in [0.05, 0.1) is 12.0 Å². The fraction of sp³-hybridized carbons (Fsp3) is 0.389. The molecule has 3 nitrogen and oxygen atoms in total. The van der Waals surface area contributed by atoms with E-state index in [0.29, 0.717) is 25.4 Å². The van der Waals surface area contributed by atoms with Gasteiger partial charge in [0.2, 0.25) is 5.91 Å². The number of amides is 1. The fourth-order valence-corrected chi connectivity index (χ4v) is 2.84. The summed E-state index contributed by atoms with van der Waals surface area (Å²) in [6.07, 6.45) is 0.457. The van der Waals surface area contributed by atoms with Crippen LogP contribution in [-0.4, -0.2) is 29.4 Å². The minimum absolute atomic E-state index is 0.173. The van der Waals surface area contributed by atoms with E-state index >= 15 is 0 Å². The summed E-state index contributed by atoms with van der Waals surface area (Å²) >= 11 is 0. The van der Waals surface area contributed by atoms with E-state index < -0.39 is 0 Å². The molecule has 1 saturated heterocycles. The molecule has 3 heteroatoms. The molecular weight excluding hydrogens is 260 g/mol. The van der Waals surface area contributed by atoms with Gasteiger partial charge >= 0.3 is 0 Å². The Bertz CT molecular complexity index is 672. The van der Waals surface area contributed by atoms with Gasteiger partial charge in [-0.2, -0.15) is 0 Å². The molecule has 0 atom stereocenters. The van der Waals surface area contributed by atoms with Crippen LogP contribution in [0.1, 0.15) is 19.4 Å². The van der Waals surface area contributed by atoms with Crippen LogP contribution in [-0.2, 0) is 11.2 Å². The number of carbonyl (C=O) groups is 1. The number of rotatable bonds is 3. The van der Waals surface area contributed by atoms with Gasteiger partial charge in [-0.25, -0.2) is 0 Å². The van der Waals surface area contributed by atoms with Gasteiger partial charge in [-0.15, -0.1) is 0 Å². The van der Waals surface area contributed by atoms with Gasteiger partial charge in [0.15, 0.2) is 0 Å². The van der Waals surface area contributed by atoms with Crippen LogP contribution in [0.4, 0.5) is 0 Å². The summed E-state index contributed by atoms with van der Waals surface area (Å²) in [5.41, 5.74) is 7.12. The van der Waals surface area contributed by atoms with Gasteiger partial charge < -0.3 is 10.6 Å². The molecule has 0 unspecified atom stereocenters. The lowest BCUT2D eigenvalue weighted by Gasteiger charge is -2.50. The number of hydrogen-bond donors (Lipinski definition) is 1. The zero-order chi connectivity index (χ0) is 15.0. The van der Waals surface area contributed by atoms with Crippen molar-refractivity contribution < 1.29 is 4.79 Å². The average Bonchev–Trinajstić information content (AvgIpc) is 2.43. The molecule has 1 heterocycles. The van der Waals surface area contributed by atoms with E-state index in [1.54, 1.807) is 0 Å². The van der Waals surface area contributed by atoms with Crippen molar-refractivity contribution in [2.75, 3.05) is 13.1 Å². The van der Waals surface area contributed by atoms with Crippen molar-refractivity contribution >= 4 is 16.7 Å². The van der Waals surface area contributed by atoms with Crippen LogP contribution >= 0.6 is 0 Å². The van der Waals surface area contributed by atoms with E-state index in [9.17, 15) is 4.79 Å². The van der Waals surface area contributed by atoms with Gasteiger partial charge in [0, 0.05) is 13.1 Å². The van der Waals surface area contributed by atoms with Crippen molar-refractivity contribution in [1.29, 1.82) is 0 Å². The highest BCUT2D eigenvalue weighted by molar-refractivity contribution is 5.85. The van der Waals surface area contributed by atoms with Crippen molar-refractivity contribution in [2.45, 2.75) is 25.8 Å². The number of nitrogens with two attached hydrogens (primary N) is 1. The molecule has 0 saturated carbocycles. The summed E-state index contributed by atoms with van der Waals surface area (Å²) < 4.78 is 0. The molecule has 0 radical (unpaired) electrons. The highest BCUT2D eigenvalue weighted by Crippen LogP contribution is 2.27. The lowest BCUT2D eigenvalue weighted by molar-refractivity contribution is -0.139. The maximum absolute atomic E-state index is 12.3. The maximum Gasteiger partial charge on any atom is 0.227 e. The predicted molar refractivity (Wildman–Crippen MR) is 86.0 cm³/mol. The molecule has 3 rings (SSSR count). The summed E-state index contributed by atoms with van der Waals surface area (Å²) in [6.45, 7) is 5.59. The van der Waals surface area contributed by atoms with E-state index in [4.69, 9.17) is 5.73 Å². The molecule has 2 N–H and O–H groups in total. The summed E-state index contributed by atoms with van der Waals surface area (Å²) in [5.74, 6) is 0.578. The molecule has 1 aliphatic heterocycles. The normalized spacial score (nSPS) is 17.0. The number of likely N-dealkylation sites (tertiary alicyclic amines) is 1. The van der Waals surface area contributed by atoms with Crippen LogP contribution in [0.5, 0.6) is 0 Å². The van der Waals surface area contributed by atoms with Gasteiger partial charge in [0.1, 0.15) is 0 Å². The highest BCUT2D eigenvalue weighted by Gasteiger charge is 2.43. The molecule has 1 amide bonds. The first-order chi connectivity index (χ1) is 9.98. The van der Waals surface area contributed by atoms with Crippen molar-refractivity contribution in [3.8, 4) is 0 Å². The summed E-state index contributed by atoms with van der Waals surface area (Å²) in [7, 11) is 0. The molecule has 21 heavy (non-hydrogen) atoms. The Kier molecular flexibility index (Phi) is 3.46. The molecule has 2 aromatic carbocycles. The Morgan fingerprint density at radius 2 is 1.86 bits per heavy atom. The summed E-state index contributed by atoms with van der Waals surface area (Å²) in [6, 6.07) is 14.4. The van der Waals surface area contributed by atoms with Crippen LogP contribution in [0.2, 0.25) is 0 Å². The standard InChI is InChI=1S/C18H22N2O/c1-13(2)18(19)11-20(12-18)17(21)10-14-7-8-15-5-3-4-6-16(15)9-14/h3-9,13H,10-12,19H2,1-2H3. The van der Waals surface area contributed by atoms with E-state index in [0.717, 1.165) is 5.56 Å². The van der Waals surface area contributed by atoms with Gasteiger partial charge in [-0.3, -0.25) is 4.79 Å².